The van der Waals surface area contributed by atoms with Gasteiger partial charge in [-0.25, -0.2) is 0 Å². The lowest BCUT2D eigenvalue weighted by atomic mass is 10.1. The van der Waals surface area contributed by atoms with Crippen LogP contribution in [0.15, 0.2) is 0 Å². The zero-order chi connectivity index (χ0) is 11.5. The van der Waals surface area contributed by atoms with Gasteiger partial charge in [-0.15, -0.1) is 11.6 Å². The molecule has 1 nitrogen and oxygen atoms in total. The minimum Gasteiger partial charge on any atom is -0.315 e. The summed E-state index contributed by atoms with van der Waals surface area (Å²) >= 11 is 6.13. The molecule has 0 spiro atoms. The summed E-state index contributed by atoms with van der Waals surface area (Å²) < 4.78 is 0. The van der Waals surface area contributed by atoms with Gasteiger partial charge in [0, 0.05) is 11.9 Å². The maximum atomic E-state index is 6.13. The van der Waals surface area contributed by atoms with Crippen LogP contribution in [0.3, 0.4) is 0 Å². The van der Waals surface area contributed by atoms with Crippen molar-refractivity contribution >= 4 is 11.6 Å². The second kappa shape index (κ2) is 10.8. The first-order valence-corrected chi connectivity index (χ1v) is 6.97. The van der Waals surface area contributed by atoms with E-state index >= 15 is 0 Å². The van der Waals surface area contributed by atoms with Gasteiger partial charge in [-0.3, -0.25) is 0 Å². The Balaban J connectivity index is 3.05. The molecule has 0 aromatic rings. The minimum absolute atomic E-state index is 0.282. The van der Waals surface area contributed by atoms with Gasteiger partial charge in [-0.05, 0) is 18.9 Å². The third-order valence-corrected chi connectivity index (χ3v) is 3.43. The summed E-state index contributed by atoms with van der Waals surface area (Å²) in [7, 11) is 0. The van der Waals surface area contributed by atoms with Crippen LogP contribution in [0.25, 0.3) is 0 Å². The van der Waals surface area contributed by atoms with E-state index in [0.29, 0.717) is 5.92 Å². The summed E-state index contributed by atoms with van der Waals surface area (Å²) in [4.78, 5) is 0. The molecular weight excluding hydrogens is 206 g/mol. The largest absolute Gasteiger partial charge is 0.315 e. The Morgan fingerprint density at radius 1 is 1.00 bits per heavy atom. The van der Waals surface area contributed by atoms with Crippen LogP contribution in [0.1, 0.15) is 59.3 Å². The molecule has 0 radical (unpaired) electrons. The number of halogens is 1. The molecule has 0 aliphatic rings. The van der Waals surface area contributed by atoms with Crippen molar-refractivity contribution in [2.45, 2.75) is 64.7 Å². The van der Waals surface area contributed by atoms with Gasteiger partial charge in [-0.1, -0.05) is 52.9 Å². The molecule has 0 bridgehead atoms. The van der Waals surface area contributed by atoms with Crippen molar-refractivity contribution in [3.8, 4) is 0 Å². The van der Waals surface area contributed by atoms with Crippen LogP contribution in [-0.4, -0.2) is 18.5 Å². The maximum Gasteiger partial charge on any atom is 0.0483 e. The van der Waals surface area contributed by atoms with Crippen LogP contribution in [0.5, 0.6) is 0 Å². The fraction of sp³-hybridized carbons (Fsp3) is 1.00. The Morgan fingerprint density at radius 3 is 2.20 bits per heavy atom. The normalized spacial score (nSPS) is 13.4. The van der Waals surface area contributed by atoms with E-state index in [0.717, 1.165) is 13.1 Å². The van der Waals surface area contributed by atoms with Crippen LogP contribution >= 0.6 is 11.6 Å². The number of hydrogen-bond donors (Lipinski definition) is 1. The first-order valence-electron chi connectivity index (χ1n) is 6.53. The summed E-state index contributed by atoms with van der Waals surface area (Å²) in [6, 6.07) is 0. The van der Waals surface area contributed by atoms with Crippen molar-refractivity contribution in [1.29, 1.82) is 0 Å². The van der Waals surface area contributed by atoms with Crippen LogP contribution < -0.4 is 5.32 Å². The lowest BCUT2D eigenvalue weighted by Gasteiger charge is -2.13. The van der Waals surface area contributed by atoms with Crippen LogP contribution in [-0.2, 0) is 0 Å². The van der Waals surface area contributed by atoms with Crippen molar-refractivity contribution in [3.05, 3.63) is 0 Å². The molecule has 0 aliphatic heterocycles. The fourth-order valence-corrected chi connectivity index (χ4v) is 1.62. The SMILES string of the molecule is CCCCCCCCNCC(Cl)C(C)C. The lowest BCUT2D eigenvalue weighted by molar-refractivity contribution is 0.524. The Morgan fingerprint density at radius 2 is 1.60 bits per heavy atom. The average Bonchev–Trinajstić information content (AvgIpc) is 2.21. The molecule has 0 heterocycles. The van der Waals surface area contributed by atoms with Crippen LogP contribution in [0.2, 0.25) is 0 Å². The molecular formula is C13H28ClN. The van der Waals surface area contributed by atoms with E-state index in [1.165, 1.54) is 38.5 Å². The predicted molar refractivity (Wildman–Crippen MR) is 70.7 cm³/mol. The Hall–Kier alpha value is 0.250. The summed E-state index contributed by atoms with van der Waals surface area (Å²) in [5.74, 6) is 0.573. The summed E-state index contributed by atoms with van der Waals surface area (Å²) in [5, 5.41) is 3.71. The van der Waals surface area contributed by atoms with Crippen LogP contribution in [0, 0.1) is 5.92 Å². The predicted octanol–water partition coefficient (Wildman–Crippen LogP) is 4.20. The molecule has 0 fully saturated rings. The number of unbranched alkanes of at least 4 members (excludes halogenated alkanes) is 5. The minimum atomic E-state index is 0.282. The van der Waals surface area contributed by atoms with Crippen molar-refractivity contribution < 1.29 is 0 Å². The molecule has 15 heavy (non-hydrogen) atoms. The highest BCUT2D eigenvalue weighted by Crippen LogP contribution is 2.08. The number of rotatable bonds is 10. The lowest BCUT2D eigenvalue weighted by Crippen LogP contribution is -2.27. The maximum absolute atomic E-state index is 6.13. The van der Waals surface area contributed by atoms with E-state index in [9.17, 15) is 0 Å². The van der Waals surface area contributed by atoms with Gasteiger partial charge < -0.3 is 5.32 Å². The summed E-state index contributed by atoms with van der Waals surface area (Å²) in [6.45, 7) is 8.68. The molecule has 1 N–H and O–H groups in total. The Kier molecular flexibility index (Phi) is 10.9. The molecule has 0 amide bonds. The van der Waals surface area contributed by atoms with Gasteiger partial charge in [0.2, 0.25) is 0 Å². The van der Waals surface area contributed by atoms with Crippen molar-refractivity contribution in [2.24, 2.45) is 5.92 Å². The smallest absolute Gasteiger partial charge is 0.0483 e. The monoisotopic (exact) mass is 233 g/mol. The zero-order valence-electron chi connectivity index (χ0n) is 10.7. The molecule has 0 rings (SSSR count). The van der Waals surface area contributed by atoms with Gasteiger partial charge in [0.25, 0.3) is 0 Å². The number of hydrogen-bond acceptors (Lipinski definition) is 1. The molecule has 0 saturated heterocycles. The summed E-state index contributed by atoms with van der Waals surface area (Å²) in [6.07, 6.45) is 8.18. The van der Waals surface area contributed by atoms with E-state index in [4.69, 9.17) is 11.6 Å². The third-order valence-electron chi connectivity index (χ3n) is 2.77. The van der Waals surface area contributed by atoms with Gasteiger partial charge in [0.1, 0.15) is 0 Å². The quantitative estimate of drug-likeness (QED) is 0.441. The second-order valence-electron chi connectivity index (χ2n) is 4.73. The van der Waals surface area contributed by atoms with Gasteiger partial charge >= 0.3 is 0 Å². The second-order valence-corrected chi connectivity index (χ2v) is 5.29. The average molecular weight is 234 g/mol. The molecule has 2 heteroatoms. The van der Waals surface area contributed by atoms with E-state index in [-0.39, 0.29) is 5.38 Å². The van der Waals surface area contributed by atoms with Crippen LogP contribution in [0.4, 0.5) is 0 Å². The Labute approximate surface area is 101 Å². The van der Waals surface area contributed by atoms with Crippen molar-refractivity contribution in [3.63, 3.8) is 0 Å². The number of nitrogens with one attached hydrogen (secondary N) is 1. The third kappa shape index (κ3) is 10.5. The highest BCUT2D eigenvalue weighted by Gasteiger charge is 2.07. The number of alkyl halides is 1. The highest BCUT2D eigenvalue weighted by atomic mass is 35.5. The van der Waals surface area contributed by atoms with Gasteiger partial charge in [0.05, 0.1) is 0 Å². The van der Waals surface area contributed by atoms with E-state index in [1.807, 2.05) is 0 Å². The summed E-state index contributed by atoms with van der Waals surface area (Å²) in [5.41, 5.74) is 0. The molecule has 92 valence electrons. The molecule has 0 aromatic heterocycles. The molecule has 0 aliphatic carbocycles. The first-order chi connectivity index (χ1) is 7.18. The van der Waals surface area contributed by atoms with Gasteiger partial charge in [0.15, 0.2) is 0 Å². The standard InChI is InChI=1S/C13H28ClN/c1-4-5-6-7-8-9-10-15-11-13(14)12(2)3/h12-13,15H,4-11H2,1-3H3. The van der Waals surface area contributed by atoms with Gasteiger partial charge in [-0.2, -0.15) is 0 Å². The molecule has 0 saturated carbocycles. The fourth-order valence-electron chi connectivity index (χ4n) is 1.51. The Bertz CT molecular complexity index is 126. The van der Waals surface area contributed by atoms with Crippen molar-refractivity contribution in [1.82, 2.24) is 5.32 Å². The highest BCUT2D eigenvalue weighted by molar-refractivity contribution is 6.20. The topological polar surface area (TPSA) is 12.0 Å². The zero-order valence-corrected chi connectivity index (χ0v) is 11.4. The molecule has 0 aromatic carbocycles. The van der Waals surface area contributed by atoms with Crippen molar-refractivity contribution in [2.75, 3.05) is 13.1 Å². The van der Waals surface area contributed by atoms with E-state index in [2.05, 4.69) is 26.1 Å². The van der Waals surface area contributed by atoms with E-state index in [1.54, 1.807) is 0 Å². The molecule has 1 atom stereocenters. The first kappa shape index (κ1) is 15.2. The van der Waals surface area contributed by atoms with E-state index < -0.39 is 0 Å². The molecule has 1 unspecified atom stereocenters.